The van der Waals surface area contributed by atoms with E-state index in [1.165, 1.54) is 0 Å². The van der Waals surface area contributed by atoms with Gasteiger partial charge in [0.15, 0.2) is 0 Å². The molecule has 2 aromatic carbocycles. The maximum Gasteiger partial charge on any atom is 0.144 e. The van der Waals surface area contributed by atoms with E-state index in [0.717, 1.165) is 0 Å². The molecule has 2 aromatic rings. The summed E-state index contributed by atoms with van der Waals surface area (Å²) in [5, 5.41) is 0. The van der Waals surface area contributed by atoms with Crippen LogP contribution in [0.4, 0.5) is 18.9 Å². The predicted molar refractivity (Wildman–Crippen MR) is 63.2 cm³/mol. The first-order valence-electron chi connectivity index (χ1n) is 5.09. The van der Waals surface area contributed by atoms with Crippen LogP contribution in [-0.4, -0.2) is 0 Å². The van der Waals surface area contributed by atoms with Crippen molar-refractivity contribution < 1.29 is 13.2 Å². The molecule has 1 nitrogen and oxygen atoms in total. The minimum atomic E-state index is -1.03. The smallest absolute Gasteiger partial charge is 0.144 e. The summed E-state index contributed by atoms with van der Waals surface area (Å²) < 4.78 is 39.3. The number of nitrogens with two attached hydrogens (primary N) is 1. The molecule has 0 fully saturated rings. The zero-order valence-electron chi connectivity index (χ0n) is 9.18. The molecule has 18 heavy (non-hydrogen) atoms. The van der Waals surface area contributed by atoms with Crippen molar-refractivity contribution >= 4 is 5.69 Å². The molecule has 0 saturated carbocycles. The molecule has 0 radical (unpaired) electrons. The second kappa shape index (κ2) is 4.84. The second-order valence-electron chi connectivity index (χ2n) is 3.58. The summed E-state index contributed by atoms with van der Waals surface area (Å²) in [5.41, 5.74) is 6.03. The molecule has 4 heteroatoms. The summed E-state index contributed by atoms with van der Waals surface area (Å²) in [5.74, 6) is 1.83. The van der Waals surface area contributed by atoms with Crippen LogP contribution < -0.4 is 5.73 Å². The topological polar surface area (TPSA) is 26.0 Å². The van der Waals surface area contributed by atoms with E-state index in [0.29, 0.717) is 23.4 Å². The Balaban J connectivity index is 2.46. The average Bonchev–Trinajstić information content (AvgIpc) is 2.30. The van der Waals surface area contributed by atoms with E-state index in [-0.39, 0.29) is 0 Å². The molecule has 0 bridgehead atoms. The fourth-order valence-electron chi connectivity index (χ4n) is 1.40. The molecule has 0 aliphatic carbocycles. The van der Waals surface area contributed by atoms with Crippen molar-refractivity contribution in [2.24, 2.45) is 0 Å². The lowest BCUT2D eigenvalue weighted by Gasteiger charge is -1.98. The highest BCUT2D eigenvalue weighted by Gasteiger charge is 2.08. The monoisotopic (exact) mass is 247 g/mol. The molecule has 0 amide bonds. The van der Waals surface area contributed by atoms with Crippen molar-refractivity contribution in [2.45, 2.75) is 0 Å². The number of rotatable bonds is 0. The highest BCUT2D eigenvalue weighted by molar-refractivity contribution is 5.57. The highest BCUT2D eigenvalue weighted by atomic mass is 19.1. The number of benzene rings is 2. The Labute approximate surface area is 102 Å². The van der Waals surface area contributed by atoms with Crippen LogP contribution in [0, 0.1) is 29.3 Å². The standard InChI is InChI=1S/C14H8F3N/c15-10-7-12(16)11(13(17)8-10)6-5-9-3-1-2-4-14(9)18/h1-4,7-8H,18H2. The van der Waals surface area contributed by atoms with Crippen LogP contribution in [0.15, 0.2) is 36.4 Å². The van der Waals surface area contributed by atoms with Crippen LogP contribution in [0.5, 0.6) is 0 Å². The summed E-state index contributed by atoms with van der Waals surface area (Å²) in [7, 11) is 0. The quantitative estimate of drug-likeness (QED) is 0.562. The van der Waals surface area contributed by atoms with Crippen LogP contribution in [0.2, 0.25) is 0 Å². The largest absolute Gasteiger partial charge is 0.398 e. The van der Waals surface area contributed by atoms with Crippen LogP contribution >= 0.6 is 0 Å². The zero-order valence-corrected chi connectivity index (χ0v) is 9.18. The molecule has 0 saturated heterocycles. The fourth-order valence-corrected chi connectivity index (χ4v) is 1.40. The van der Waals surface area contributed by atoms with Crippen LogP contribution in [0.1, 0.15) is 11.1 Å². The maximum absolute atomic E-state index is 13.3. The lowest BCUT2D eigenvalue weighted by atomic mass is 10.1. The summed E-state index contributed by atoms with van der Waals surface area (Å²) in [6.45, 7) is 0. The number of hydrogen-bond donors (Lipinski definition) is 1. The first kappa shape index (κ1) is 12.1. The van der Waals surface area contributed by atoms with Gasteiger partial charge in [-0.3, -0.25) is 0 Å². The SMILES string of the molecule is Nc1ccccc1C#Cc1c(F)cc(F)cc1F. The Morgan fingerprint density at radius 1 is 0.889 bits per heavy atom. The molecule has 0 heterocycles. The molecule has 2 rings (SSSR count). The minimum absolute atomic E-state index is 0.410. The molecule has 0 spiro atoms. The van der Waals surface area contributed by atoms with Gasteiger partial charge in [0, 0.05) is 23.4 Å². The van der Waals surface area contributed by atoms with Gasteiger partial charge in [-0.1, -0.05) is 24.0 Å². The molecule has 0 aliphatic rings. The predicted octanol–water partition coefficient (Wildman–Crippen LogP) is 3.09. The van der Waals surface area contributed by atoms with Gasteiger partial charge in [0.05, 0.1) is 5.56 Å². The Morgan fingerprint density at radius 3 is 2.11 bits per heavy atom. The van der Waals surface area contributed by atoms with E-state index >= 15 is 0 Å². The van der Waals surface area contributed by atoms with Crippen molar-refractivity contribution in [1.82, 2.24) is 0 Å². The van der Waals surface area contributed by atoms with Gasteiger partial charge < -0.3 is 5.73 Å². The van der Waals surface area contributed by atoms with Crippen molar-refractivity contribution in [1.29, 1.82) is 0 Å². The molecule has 90 valence electrons. The third-order valence-corrected chi connectivity index (χ3v) is 2.29. The van der Waals surface area contributed by atoms with E-state index in [1.807, 2.05) is 0 Å². The first-order valence-corrected chi connectivity index (χ1v) is 5.09. The average molecular weight is 247 g/mol. The van der Waals surface area contributed by atoms with Gasteiger partial charge in [0.2, 0.25) is 0 Å². The summed E-state index contributed by atoms with van der Waals surface area (Å²) >= 11 is 0. The van der Waals surface area contributed by atoms with E-state index in [9.17, 15) is 13.2 Å². The minimum Gasteiger partial charge on any atom is -0.398 e. The highest BCUT2D eigenvalue weighted by Crippen LogP contribution is 2.14. The van der Waals surface area contributed by atoms with Gasteiger partial charge in [0.1, 0.15) is 17.5 Å². The van der Waals surface area contributed by atoms with Gasteiger partial charge in [-0.05, 0) is 12.1 Å². The summed E-state index contributed by atoms with van der Waals surface area (Å²) in [6, 6.07) is 7.85. The third-order valence-electron chi connectivity index (χ3n) is 2.29. The van der Waals surface area contributed by atoms with Gasteiger partial charge in [0.25, 0.3) is 0 Å². The van der Waals surface area contributed by atoms with Crippen molar-refractivity contribution in [3.8, 4) is 11.8 Å². The van der Waals surface area contributed by atoms with Crippen molar-refractivity contribution in [3.63, 3.8) is 0 Å². The third kappa shape index (κ3) is 2.46. The Bertz CT molecular complexity index is 631. The summed E-state index contributed by atoms with van der Waals surface area (Å²) in [6.07, 6.45) is 0. The number of nitrogen functional groups attached to an aromatic ring is 1. The van der Waals surface area contributed by atoms with E-state index in [4.69, 9.17) is 5.73 Å². The molecule has 2 N–H and O–H groups in total. The van der Waals surface area contributed by atoms with Crippen LogP contribution in [0.3, 0.4) is 0 Å². The first-order chi connectivity index (χ1) is 8.58. The van der Waals surface area contributed by atoms with Gasteiger partial charge in [-0.2, -0.15) is 0 Å². The molecular weight excluding hydrogens is 239 g/mol. The fraction of sp³-hybridized carbons (Fsp3) is 0. The van der Waals surface area contributed by atoms with Crippen molar-refractivity contribution in [3.05, 3.63) is 65.0 Å². The number of halogens is 3. The van der Waals surface area contributed by atoms with Gasteiger partial charge in [-0.15, -0.1) is 0 Å². The normalized spacial score (nSPS) is 9.72. The van der Waals surface area contributed by atoms with E-state index < -0.39 is 23.0 Å². The second-order valence-corrected chi connectivity index (χ2v) is 3.58. The molecular formula is C14H8F3N. The van der Waals surface area contributed by atoms with Gasteiger partial charge in [-0.25, -0.2) is 13.2 Å². The lowest BCUT2D eigenvalue weighted by Crippen LogP contribution is -1.93. The van der Waals surface area contributed by atoms with Crippen molar-refractivity contribution in [2.75, 3.05) is 5.73 Å². The zero-order chi connectivity index (χ0) is 13.1. The molecule has 0 atom stereocenters. The Hall–Kier alpha value is -2.41. The van der Waals surface area contributed by atoms with Crippen LogP contribution in [0.25, 0.3) is 0 Å². The Kier molecular flexibility index (Phi) is 3.24. The number of para-hydroxylation sites is 1. The lowest BCUT2D eigenvalue weighted by molar-refractivity contribution is 0.539. The maximum atomic E-state index is 13.3. The Morgan fingerprint density at radius 2 is 1.50 bits per heavy atom. The van der Waals surface area contributed by atoms with E-state index in [2.05, 4.69) is 11.8 Å². The van der Waals surface area contributed by atoms with Gasteiger partial charge >= 0.3 is 0 Å². The van der Waals surface area contributed by atoms with E-state index in [1.54, 1.807) is 24.3 Å². The summed E-state index contributed by atoms with van der Waals surface area (Å²) in [4.78, 5) is 0. The van der Waals surface area contributed by atoms with Crippen LogP contribution in [-0.2, 0) is 0 Å². The molecule has 0 aromatic heterocycles. The number of hydrogen-bond acceptors (Lipinski definition) is 1. The molecule has 0 unspecified atom stereocenters. The molecule has 0 aliphatic heterocycles. The number of anilines is 1.